The summed E-state index contributed by atoms with van der Waals surface area (Å²) in [5.41, 5.74) is 2.97. The van der Waals surface area contributed by atoms with Crippen molar-refractivity contribution in [3.63, 3.8) is 0 Å². The van der Waals surface area contributed by atoms with Gasteiger partial charge in [-0.3, -0.25) is 9.78 Å². The summed E-state index contributed by atoms with van der Waals surface area (Å²) >= 11 is 0. The molecule has 0 fully saturated rings. The van der Waals surface area contributed by atoms with Gasteiger partial charge in [-0.05, 0) is 23.6 Å². The van der Waals surface area contributed by atoms with Crippen molar-refractivity contribution in [1.82, 2.24) is 15.0 Å². The second-order valence-electron chi connectivity index (χ2n) is 5.64. The van der Waals surface area contributed by atoms with E-state index >= 15 is 0 Å². The Balaban J connectivity index is 2.01. The molecule has 0 bridgehead atoms. The van der Waals surface area contributed by atoms with Crippen molar-refractivity contribution in [3.8, 4) is 17.3 Å². The zero-order valence-corrected chi connectivity index (χ0v) is 12.8. The second kappa shape index (κ2) is 4.58. The lowest BCUT2D eigenvalue weighted by Crippen LogP contribution is -2.14. The third kappa shape index (κ3) is 1.58. The first-order valence-electron chi connectivity index (χ1n) is 7.55. The molecule has 0 saturated heterocycles. The van der Waals surface area contributed by atoms with Crippen LogP contribution in [-0.2, 0) is 0 Å². The molecule has 1 aliphatic carbocycles. The van der Waals surface area contributed by atoms with Gasteiger partial charge < -0.3 is 4.74 Å². The van der Waals surface area contributed by atoms with Gasteiger partial charge in [0.2, 0.25) is 11.7 Å². The number of pyridine rings is 3. The number of methoxy groups -OCH3 is 1. The number of rotatable bonds is 1. The van der Waals surface area contributed by atoms with Gasteiger partial charge in [-0.2, -0.15) is 0 Å². The third-order valence-electron chi connectivity index (χ3n) is 4.38. The van der Waals surface area contributed by atoms with Crippen LogP contribution in [-0.4, -0.2) is 27.8 Å². The Morgan fingerprint density at radius 2 is 1.75 bits per heavy atom. The minimum absolute atomic E-state index is 0.128. The quantitative estimate of drug-likeness (QED) is 0.444. The van der Waals surface area contributed by atoms with E-state index in [4.69, 9.17) is 4.74 Å². The van der Waals surface area contributed by atoms with Crippen LogP contribution < -0.4 is 4.74 Å². The molecule has 3 heterocycles. The summed E-state index contributed by atoms with van der Waals surface area (Å²) in [7, 11) is 1.55. The van der Waals surface area contributed by atoms with E-state index in [0.717, 1.165) is 21.7 Å². The number of ether oxygens (including phenoxy) is 1. The van der Waals surface area contributed by atoms with E-state index in [-0.39, 0.29) is 5.78 Å². The topological polar surface area (TPSA) is 65.0 Å². The van der Waals surface area contributed by atoms with E-state index in [1.165, 1.54) is 0 Å². The second-order valence-corrected chi connectivity index (χ2v) is 5.64. The number of aromatic nitrogens is 3. The molecule has 5 rings (SSSR count). The van der Waals surface area contributed by atoms with Gasteiger partial charge in [-0.25, -0.2) is 9.97 Å². The number of hydrogen-bond acceptors (Lipinski definition) is 5. The summed E-state index contributed by atoms with van der Waals surface area (Å²) in [5, 5.41) is 2.72. The summed E-state index contributed by atoms with van der Waals surface area (Å²) in [6.07, 6.45) is 1.74. The summed E-state index contributed by atoms with van der Waals surface area (Å²) in [6.45, 7) is 0. The number of fused-ring (bicyclic) bond motifs is 4. The first kappa shape index (κ1) is 13.1. The maximum atomic E-state index is 13.0. The molecule has 1 aromatic carbocycles. The molecule has 0 saturated carbocycles. The Bertz CT molecular complexity index is 1170. The standard InChI is InChI=1S/C19H11N3O2/c1-24-14-7-6-12-16(22-14)17-15-11(8-9-20-17)10-4-2-3-5-13(10)21-18(15)19(12)23/h2-9H,1H3. The van der Waals surface area contributed by atoms with Gasteiger partial charge in [-0.15, -0.1) is 0 Å². The van der Waals surface area contributed by atoms with Crippen molar-refractivity contribution in [1.29, 1.82) is 0 Å². The lowest BCUT2D eigenvalue weighted by Gasteiger charge is -2.18. The van der Waals surface area contributed by atoms with Gasteiger partial charge in [0.15, 0.2) is 0 Å². The third-order valence-corrected chi connectivity index (χ3v) is 4.38. The molecular formula is C19H11N3O2. The fraction of sp³-hybridized carbons (Fsp3) is 0.0526. The van der Waals surface area contributed by atoms with E-state index in [9.17, 15) is 4.79 Å². The minimum Gasteiger partial charge on any atom is -0.481 e. The first-order valence-corrected chi connectivity index (χ1v) is 7.55. The SMILES string of the molecule is COc1ccc2c(n1)-c1nccc3c1c(nc1ccccc13)C2=O. The number of nitrogens with zero attached hydrogens (tertiary/aromatic N) is 3. The molecule has 0 spiro atoms. The van der Waals surface area contributed by atoms with E-state index < -0.39 is 0 Å². The normalized spacial score (nSPS) is 12.5. The summed E-state index contributed by atoms with van der Waals surface area (Å²) in [5.74, 6) is 0.328. The zero-order chi connectivity index (χ0) is 16.3. The van der Waals surface area contributed by atoms with Gasteiger partial charge in [0.05, 0.1) is 23.9 Å². The van der Waals surface area contributed by atoms with E-state index in [0.29, 0.717) is 28.5 Å². The summed E-state index contributed by atoms with van der Waals surface area (Å²) < 4.78 is 5.20. The van der Waals surface area contributed by atoms with Crippen LogP contribution in [0.5, 0.6) is 5.88 Å². The van der Waals surface area contributed by atoms with Gasteiger partial charge in [0.1, 0.15) is 11.4 Å². The van der Waals surface area contributed by atoms with Crippen molar-refractivity contribution in [2.75, 3.05) is 7.11 Å². The number of benzene rings is 1. The minimum atomic E-state index is -0.128. The van der Waals surface area contributed by atoms with Crippen molar-refractivity contribution >= 4 is 27.5 Å². The average molecular weight is 313 g/mol. The molecule has 0 radical (unpaired) electrons. The molecule has 0 N–H and O–H groups in total. The Labute approximate surface area is 137 Å². The van der Waals surface area contributed by atoms with Gasteiger partial charge in [0.25, 0.3) is 0 Å². The first-order chi connectivity index (χ1) is 11.8. The molecule has 0 atom stereocenters. The smallest absolute Gasteiger partial charge is 0.214 e. The molecule has 0 amide bonds. The molecular weight excluding hydrogens is 302 g/mol. The van der Waals surface area contributed by atoms with E-state index in [1.807, 2.05) is 30.3 Å². The molecule has 114 valence electrons. The zero-order valence-electron chi connectivity index (χ0n) is 12.8. The average Bonchev–Trinajstić information content (AvgIpc) is 2.65. The number of para-hydroxylation sites is 1. The summed E-state index contributed by atoms with van der Waals surface area (Å²) in [4.78, 5) is 26.5. The largest absolute Gasteiger partial charge is 0.481 e. The van der Waals surface area contributed by atoms with Crippen molar-refractivity contribution in [2.24, 2.45) is 0 Å². The maximum Gasteiger partial charge on any atom is 0.214 e. The number of carbonyl (C=O) groups is 1. The molecule has 4 aromatic rings. The van der Waals surface area contributed by atoms with Crippen LogP contribution in [0.1, 0.15) is 16.1 Å². The lowest BCUT2D eigenvalue weighted by atomic mass is 9.90. The monoisotopic (exact) mass is 313 g/mol. The van der Waals surface area contributed by atoms with Crippen molar-refractivity contribution in [3.05, 3.63) is 59.9 Å². The Morgan fingerprint density at radius 3 is 2.62 bits per heavy atom. The molecule has 5 nitrogen and oxygen atoms in total. The van der Waals surface area contributed by atoms with Crippen molar-refractivity contribution in [2.45, 2.75) is 0 Å². The lowest BCUT2D eigenvalue weighted by molar-refractivity contribution is 0.103. The fourth-order valence-corrected chi connectivity index (χ4v) is 3.29. The number of hydrogen-bond donors (Lipinski definition) is 0. The molecule has 0 unspecified atom stereocenters. The highest BCUT2D eigenvalue weighted by Gasteiger charge is 2.29. The highest BCUT2D eigenvalue weighted by molar-refractivity contribution is 6.27. The Hall–Kier alpha value is -3.34. The maximum absolute atomic E-state index is 13.0. The Kier molecular flexibility index (Phi) is 2.51. The van der Waals surface area contributed by atoms with Crippen LogP contribution >= 0.6 is 0 Å². The number of ketones is 1. The fourth-order valence-electron chi connectivity index (χ4n) is 3.29. The van der Waals surface area contributed by atoms with E-state index in [1.54, 1.807) is 25.4 Å². The van der Waals surface area contributed by atoms with Crippen LogP contribution in [0, 0.1) is 0 Å². The van der Waals surface area contributed by atoms with Crippen LogP contribution in [0.15, 0.2) is 48.7 Å². The summed E-state index contributed by atoms with van der Waals surface area (Å²) in [6, 6.07) is 13.1. The highest BCUT2D eigenvalue weighted by atomic mass is 16.5. The predicted octanol–water partition coefficient (Wildman–Crippen LogP) is 3.40. The van der Waals surface area contributed by atoms with Gasteiger partial charge in [-0.1, -0.05) is 18.2 Å². The van der Waals surface area contributed by atoms with Crippen molar-refractivity contribution < 1.29 is 9.53 Å². The van der Waals surface area contributed by atoms with Gasteiger partial charge >= 0.3 is 0 Å². The molecule has 3 aromatic heterocycles. The molecule has 5 heteroatoms. The molecule has 1 aliphatic rings. The van der Waals surface area contributed by atoms with Crippen LogP contribution in [0.25, 0.3) is 33.1 Å². The molecule has 0 aliphatic heterocycles. The Morgan fingerprint density at radius 1 is 0.875 bits per heavy atom. The van der Waals surface area contributed by atoms with Crippen LogP contribution in [0.2, 0.25) is 0 Å². The molecule has 24 heavy (non-hydrogen) atoms. The van der Waals surface area contributed by atoms with E-state index in [2.05, 4.69) is 15.0 Å². The van der Waals surface area contributed by atoms with Gasteiger partial charge in [0, 0.05) is 23.0 Å². The van der Waals surface area contributed by atoms with Crippen LogP contribution in [0.4, 0.5) is 0 Å². The predicted molar refractivity (Wildman–Crippen MR) is 90.3 cm³/mol. The van der Waals surface area contributed by atoms with Crippen LogP contribution in [0.3, 0.4) is 0 Å². The number of carbonyl (C=O) groups excluding carboxylic acids is 1. The highest BCUT2D eigenvalue weighted by Crippen LogP contribution is 2.39.